The first-order chi connectivity index (χ1) is 15.4. The number of β-lactam (4-membered cyclic amide) rings is 1. The number of carboxylic acids is 1. The van der Waals surface area contributed by atoms with Gasteiger partial charge in [0.15, 0.2) is 0 Å². The second-order valence-electron chi connectivity index (χ2n) is 7.86. The molecule has 0 unspecified atom stereocenters. The van der Waals surface area contributed by atoms with E-state index in [1.807, 2.05) is 42.5 Å². The third-order valence-electron chi connectivity index (χ3n) is 5.89. The number of carbonyl (C=O) groups excluding carboxylic acids is 2. The molecule has 1 saturated heterocycles. The van der Waals surface area contributed by atoms with Gasteiger partial charge in [0.05, 0.1) is 22.5 Å². The maximum absolute atomic E-state index is 12.8. The summed E-state index contributed by atoms with van der Waals surface area (Å²) in [5, 5.41) is 22.9. The van der Waals surface area contributed by atoms with Crippen molar-refractivity contribution in [1.29, 1.82) is 0 Å². The Balaban J connectivity index is 1.39. The van der Waals surface area contributed by atoms with Crippen LogP contribution < -0.4 is 0 Å². The monoisotopic (exact) mass is 449 g/mol. The lowest BCUT2D eigenvalue weighted by atomic mass is 9.92. The van der Waals surface area contributed by atoms with Gasteiger partial charge in [-0.3, -0.25) is 9.69 Å². The minimum atomic E-state index is -1.26. The van der Waals surface area contributed by atoms with Crippen LogP contribution in [0.25, 0.3) is 21.5 Å². The van der Waals surface area contributed by atoms with E-state index in [9.17, 15) is 24.6 Å². The molecule has 2 aliphatic heterocycles. The Morgan fingerprint density at radius 1 is 1.09 bits per heavy atom. The van der Waals surface area contributed by atoms with Crippen LogP contribution in [0.3, 0.4) is 0 Å². The maximum Gasteiger partial charge on any atom is 0.353 e. The number of aliphatic hydroxyl groups excluding tert-OH is 1. The van der Waals surface area contributed by atoms with Crippen LogP contribution in [0.5, 0.6) is 0 Å². The summed E-state index contributed by atoms with van der Waals surface area (Å²) in [6.45, 7) is 1.24. The number of carbonyl (C=O) groups is 3. The van der Waals surface area contributed by atoms with Crippen LogP contribution >= 0.6 is 11.8 Å². The van der Waals surface area contributed by atoms with Gasteiger partial charge in [0, 0.05) is 0 Å². The molecule has 2 N–H and O–H groups in total. The van der Waals surface area contributed by atoms with Crippen LogP contribution in [0.4, 0.5) is 0 Å². The molecule has 2 aliphatic rings. The molecule has 7 nitrogen and oxygen atoms in total. The van der Waals surface area contributed by atoms with Gasteiger partial charge in [-0.25, -0.2) is 9.59 Å². The molecular weight excluding hydrogens is 430 g/mol. The Bertz CT molecular complexity index is 1330. The van der Waals surface area contributed by atoms with Crippen molar-refractivity contribution in [1.82, 2.24) is 4.90 Å². The Morgan fingerprint density at radius 3 is 2.50 bits per heavy atom. The number of nitrogens with zero attached hydrogens (tertiary/aromatic N) is 1. The minimum absolute atomic E-state index is 0.181. The number of esters is 1. The third-order valence-corrected chi connectivity index (χ3v) is 7.23. The molecule has 162 valence electrons. The molecule has 5 rings (SSSR count). The lowest BCUT2D eigenvalue weighted by Crippen LogP contribution is -2.60. The number of rotatable bonds is 5. The van der Waals surface area contributed by atoms with Gasteiger partial charge in [0.25, 0.3) is 0 Å². The Hall–Kier alpha value is -3.36. The van der Waals surface area contributed by atoms with Crippen molar-refractivity contribution in [2.45, 2.75) is 18.4 Å². The minimum Gasteiger partial charge on any atom is -0.477 e. The number of aliphatic hydroxyl groups is 1. The van der Waals surface area contributed by atoms with Gasteiger partial charge in [-0.05, 0) is 40.6 Å². The summed E-state index contributed by atoms with van der Waals surface area (Å²) >= 11 is 1.15. The summed E-state index contributed by atoms with van der Waals surface area (Å²) in [5.41, 5.74) is 0.176. The van der Waals surface area contributed by atoms with Crippen LogP contribution in [0.15, 0.2) is 65.2 Å². The number of amides is 1. The van der Waals surface area contributed by atoms with Crippen molar-refractivity contribution in [3.05, 3.63) is 70.8 Å². The van der Waals surface area contributed by atoms with Crippen LogP contribution in [0.1, 0.15) is 17.3 Å². The van der Waals surface area contributed by atoms with Crippen LogP contribution in [-0.2, 0) is 14.3 Å². The molecule has 1 fully saturated rings. The molecule has 0 saturated carbocycles. The zero-order chi connectivity index (χ0) is 22.6. The highest BCUT2D eigenvalue weighted by atomic mass is 32.2. The SMILES string of the molecule is C[C@@H](O)[C@H]1C(=O)N2C(C(=O)O)=C(COC(=O)c3ccc4ccc5ccccc5c4c3)S[C@H]12. The van der Waals surface area contributed by atoms with Crippen molar-refractivity contribution in [3.63, 3.8) is 0 Å². The molecule has 1 amide bonds. The van der Waals surface area contributed by atoms with E-state index < -0.39 is 35.2 Å². The smallest absolute Gasteiger partial charge is 0.353 e. The number of hydrogen-bond donors (Lipinski definition) is 2. The van der Waals surface area contributed by atoms with Gasteiger partial charge in [-0.15, -0.1) is 0 Å². The quantitative estimate of drug-likeness (QED) is 0.350. The molecule has 32 heavy (non-hydrogen) atoms. The van der Waals surface area contributed by atoms with Gasteiger partial charge in [0.2, 0.25) is 5.91 Å². The van der Waals surface area contributed by atoms with Crippen LogP contribution in [0.2, 0.25) is 0 Å². The zero-order valence-electron chi connectivity index (χ0n) is 17.0. The number of fused-ring (bicyclic) bond motifs is 4. The van der Waals surface area contributed by atoms with Gasteiger partial charge < -0.3 is 14.9 Å². The molecule has 0 aliphatic carbocycles. The Morgan fingerprint density at radius 2 is 1.78 bits per heavy atom. The van der Waals surface area contributed by atoms with Crippen molar-refractivity contribution >= 4 is 51.2 Å². The van der Waals surface area contributed by atoms with E-state index in [-0.39, 0.29) is 12.3 Å². The fourth-order valence-electron chi connectivity index (χ4n) is 4.30. The van der Waals surface area contributed by atoms with Crippen molar-refractivity contribution in [3.8, 4) is 0 Å². The summed E-state index contributed by atoms with van der Waals surface area (Å²) in [5.74, 6) is -2.94. The normalized spacial score (nSPS) is 20.9. The van der Waals surface area contributed by atoms with E-state index in [2.05, 4.69) is 0 Å². The van der Waals surface area contributed by atoms with Gasteiger partial charge in [-0.1, -0.05) is 54.2 Å². The fourth-order valence-corrected chi connectivity index (χ4v) is 5.82. The van der Waals surface area contributed by atoms with E-state index >= 15 is 0 Å². The second kappa shape index (κ2) is 7.65. The van der Waals surface area contributed by atoms with E-state index in [1.54, 1.807) is 12.1 Å². The van der Waals surface area contributed by atoms with Gasteiger partial charge >= 0.3 is 11.9 Å². The first-order valence-electron chi connectivity index (χ1n) is 10.1. The summed E-state index contributed by atoms with van der Waals surface area (Å²) in [7, 11) is 0. The van der Waals surface area contributed by atoms with Crippen molar-refractivity contribution in [2.75, 3.05) is 6.61 Å². The van der Waals surface area contributed by atoms with Crippen molar-refractivity contribution < 1.29 is 29.3 Å². The molecule has 2 heterocycles. The first-order valence-corrected chi connectivity index (χ1v) is 11.0. The number of hydrogen-bond acceptors (Lipinski definition) is 6. The summed E-state index contributed by atoms with van der Waals surface area (Å²) in [6.07, 6.45) is -0.888. The fraction of sp³-hybridized carbons (Fsp3) is 0.208. The maximum atomic E-state index is 12.8. The number of carboxylic acid groups (broad SMARTS) is 1. The summed E-state index contributed by atoms with van der Waals surface area (Å²) in [6, 6.07) is 17.2. The van der Waals surface area contributed by atoms with Crippen molar-refractivity contribution in [2.24, 2.45) is 5.92 Å². The molecular formula is C24H19NO6S. The second-order valence-corrected chi connectivity index (χ2v) is 9.07. The summed E-state index contributed by atoms with van der Waals surface area (Å²) in [4.78, 5) is 38.2. The lowest BCUT2D eigenvalue weighted by molar-refractivity contribution is -0.156. The molecule has 0 spiro atoms. The predicted octanol–water partition coefficient (Wildman–Crippen LogP) is 3.36. The van der Waals surface area contributed by atoms with Gasteiger partial charge in [0.1, 0.15) is 17.7 Å². The number of benzene rings is 3. The first kappa shape index (κ1) is 20.5. The standard InChI is InChI=1S/C24H19NO6S/c1-12(26)19-21(27)25-20(23(28)29)18(32-22(19)25)11-31-24(30)15-9-8-14-7-6-13-4-2-3-5-16(13)17(14)10-15/h2-10,12,19,22,26H,11H2,1H3,(H,28,29)/t12-,19+,22-/m1/s1. The average Bonchev–Trinajstić information content (AvgIpc) is 3.11. The number of aliphatic carboxylic acids is 1. The van der Waals surface area contributed by atoms with Crippen LogP contribution in [0, 0.1) is 5.92 Å². The van der Waals surface area contributed by atoms with Gasteiger partial charge in [-0.2, -0.15) is 0 Å². The molecule has 0 aromatic heterocycles. The van der Waals surface area contributed by atoms with E-state index in [4.69, 9.17) is 4.74 Å². The molecule has 8 heteroatoms. The molecule has 3 aromatic rings. The highest BCUT2D eigenvalue weighted by Crippen LogP contribution is 2.50. The highest BCUT2D eigenvalue weighted by Gasteiger charge is 2.57. The third kappa shape index (κ3) is 3.14. The number of thioether (sulfide) groups is 1. The molecule has 0 radical (unpaired) electrons. The predicted molar refractivity (Wildman–Crippen MR) is 120 cm³/mol. The Labute approximate surface area is 187 Å². The molecule has 3 atom stereocenters. The Kier molecular flexibility index (Phi) is 4.91. The largest absolute Gasteiger partial charge is 0.477 e. The van der Waals surface area contributed by atoms with E-state index in [0.29, 0.717) is 10.5 Å². The zero-order valence-corrected chi connectivity index (χ0v) is 17.8. The summed E-state index contributed by atoms with van der Waals surface area (Å²) < 4.78 is 5.43. The van der Waals surface area contributed by atoms with E-state index in [0.717, 1.165) is 38.2 Å². The van der Waals surface area contributed by atoms with Crippen LogP contribution in [-0.4, -0.2) is 51.0 Å². The topological polar surface area (TPSA) is 104 Å². The highest BCUT2D eigenvalue weighted by molar-refractivity contribution is 8.04. The molecule has 3 aromatic carbocycles. The van der Waals surface area contributed by atoms with E-state index in [1.165, 1.54) is 6.92 Å². The number of ether oxygens (including phenoxy) is 1. The average molecular weight is 449 g/mol. The lowest BCUT2D eigenvalue weighted by Gasteiger charge is -2.43. The molecule has 0 bridgehead atoms.